The molecule has 0 bridgehead atoms. The molecular formula is C18H28N4O3S. The van der Waals surface area contributed by atoms with Crippen molar-refractivity contribution in [3.8, 4) is 0 Å². The van der Waals surface area contributed by atoms with Crippen LogP contribution in [-0.4, -0.2) is 71.8 Å². The van der Waals surface area contributed by atoms with E-state index in [4.69, 9.17) is 0 Å². The lowest BCUT2D eigenvalue weighted by Crippen LogP contribution is -2.57. The molecule has 0 aliphatic carbocycles. The van der Waals surface area contributed by atoms with E-state index < -0.39 is 9.84 Å². The molecule has 1 spiro atoms. The first-order valence-corrected chi connectivity index (χ1v) is 11.5. The first-order valence-electron chi connectivity index (χ1n) is 9.72. The number of H-pyrrole nitrogens is 1. The number of rotatable bonds is 3. The minimum Gasteiger partial charge on any atom is -0.348 e. The van der Waals surface area contributed by atoms with Gasteiger partial charge >= 0.3 is 0 Å². The number of nitrogens with zero attached hydrogens (tertiary/aromatic N) is 3. The van der Waals surface area contributed by atoms with Crippen LogP contribution in [-0.2, 0) is 26.6 Å². The molecule has 0 saturated carbocycles. The van der Waals surface area contributed by atoms with Gasteiger partial charge in [-0.15, -0.1) is 0 Å². The van der Waals surface area contributed by atoms with Gasteiger partial charge in [-0.05, 0) is 32.2 Å². The lowest BCUT2D eigenvalue weighted by atomic mass is 9.78. The average molecular weight is 381 g/mol. The van der Waals surface area contributed by atoms with Gasteiger partial charge in [-0.2, -0.15) is 0 Å². The van der Waals surface area contributed by atoms with Crippen LogP contribution in [0.1, 0.15) is 44.0 Å². The Balaban J connectivity index is 1.50. The van der Waals surface area contributed by atoms with Crippen LogP contribution in [0.5, 0.6) is 0 Å². The van der Waals surface area contributed by atoms with Crippen LogP contribution >= 0.6 is 0 Å². The molecule has 3 aliphatic heterocycles. The summed E-state index contributed by atoms with van der Waals surface area (Å²) in [6.45, 7) is 5.63. The third-order valence-electron chi connectivity index (χ3n) is 6.37. The molecule has 8 heteroatoms. The van der Waals surface area contributed by atoms with Crippen LogP contribution in [0, 0.1) is 5.92 Å². The Bertz CT molecular complexity index is 780. The van der Waals surface area contributed by atoms with Crippen molar-refractivity contribution in [2.24, 2.45) is 5.92 Å². The molecule has 1 aromatic rings. The van der Waals surface area contributed by atoms with E-state index in [0.29, 0.717) is 19.5 Å². The second-order valence-electron chi connectivity index (χ2n) is 7.92. The molecule has 7 nitrogen and oxygen atoms in total. The van der Waals surface area contributed by atoms with Gasteiger partial charge in [0.2, 0.25) is 5.91 Å². The Morgan fingerprint density at radius 1 is 1.35 bits per heavy atom. The Morgan fingerprint density at radius 2 is 2.12 bits per heavy atom. The summed E-state index contributed by atoms with van der Waals surface area (Å²) in [7, 11) is -3.02. The van der Waals surface area contributed by atoms with Gasteiger partial charge in [-0.25, -0.2) is 13.4 Å². The van der Waals surface area contributed by atoms with E-state index in [2.05, 4.69) is 21.8 Å². The number of hydrogen-bond acceptors (Lipinski definition) is 5. The van der Waals surface area contributed by atoms with E-state index in [9.17, 15) is 13.2 Å². The number of fused-ring (bicyclic) bond motifs is 2. The Kier molecular flexibility index (Phi) is 4.59. The molecule has 1 amide bonds. The van der Waals surface area contributed by atoms with Gasteiger partial charge in [-0.3, -0.25) is 9.69 Å². The van der Waals surface area contributed by atoms with Crippen LogP contribution < -0.4 is 0 Å². The van der Waals surface area contributed by atoms with Crippen molar-refractivity contribution in [3.63, 3.8) is 0 Å². The van der Waals surface area contributed by atoms with E-state index in [1.54, 1.807) is 6.33 Å². The fraction of sp³-hybridized carbons (Fsp3) is 0.778. The van der Waals surface area contributed by atoms with Gasteiger partial charge < -0.3 is 9.88 Å². The number of likely N-dealkylation sites (tertiary alicyclic amines) is 1. The van der Waals surface area contributed by atoms with E-state index in [-0.39, 0.29) is 28.9 Å². The largest absolute Gasteiger partial charge is 0.348 e. The number of sulfone groups is 1. The summed E-state index contributed by atoms with van der Waals surface area (Å²) in [5, 5.41) is 0. The van der Waals surface area contributed by atoms with Crippen LogP contribution in [0.3, 0.4) is 0 Å². The quantitative estimate of drug-likeness (QED) is 0.843. The molecule has 1 N–H and O–H groups in total. The van der Waals surface area contributed by atoms with Crippen molar-refractivity contribution in [2.75, 3.05) is 37.7 Å². The fourth-order valence-electron chi connectivity index (χ4n) is 5.02. The van der Waals surface area contributed by atoms with Crippen LogP contribution in [0.2, 0.25) is 0 Å². The summed E-state index contributed by atoms with van der Waals surface area (Å²) in [4.78, 5) is 25.2. The molecule has 144 valence electrons. The van der Waals surface area contributed by atoms with Crippen molar-refractivity contribution in [3.05, 3.63) is 17.7 Å². The number of aromatic amines is 1. The SMILES string of the molecule is CCCN1CCc2[nH]cnc2C12CCN(C(=O)[C@@H]1CCS(=O)(=O)C1)CC2. The summed E-state index contributed by atoms with van der Waals surface area (Å²) in [5.41, 5.74) is 2.31. The highest BCUT2D eigenvalue weighted by atomic mass is 32.2. The predicted molar refractivity (Wildman–Crippen MR) is 98.4 cm³/mol. The summed E-state index contributed by atoms with van der Waals surface area (Å²) in [6, 6.07) is 0. The summed E-state index contributed by atoms with van der Waals surface area (Å²) < 4.78 is 23.4. The molecule has 0 unspecified atom stereocenters. The Hall–Kier alpha value is -1.41. The van der Waals surface area contributed by atoms with Crippen LogP contribution in [0.4, 0.5) is 0 Å². The van der Waals surface area contributed by atoms with Crippen molar-refractivity contribution >= 4 is 15.7 Å². The molecule has 2 fully saturated rings. The number of piperidine rings is 1. The van der Waals surface area contributed by atoms with Gasteiger partial charge in [-0.1, -0.05) is 6.92 Å². The number of carbonyl (C=O) groups excluding carboxylic acids is 1. The zero-order valence-corrected chi connectivity index (χ0v) is 16.2. The van der Waals surface area contributed by atoms with E-state index in [1.165, 1.54) is 5.69 Å². The van der Waals surface area contributed by atoms with Crippen molar-refractivity contribution in [2.45, 2.75) is 44.6 Å². The highest BCUT2D eigenvalue weighted by molar-refractivity contribution is 7.91. The van der Waals surface area contributed by atoms with E-state index in [0.717, 1.165) is 44.5 Å². The van der Waals surface area contributed by atoms with Crippen LogP contribution in [0.25, 0.3) is 0 Å². The molecule has 26 heavy (non-hydrogen) atoms. The molecule has 0 radical (unpaired) electrons. The van der Waals surface area contributed by atoms with Crippen molar-refractivity contribution in [1.82, 2.24) is 19.8 Å². The smallest absolute Gasteiger partial charge is 0.226 e. The molecule has 3 aliphatic rings. The number of amides is 1. The normalized spacial score (nSPS) is 27.6. The van der Waals surface area contributed by atoms with Gasteiger partial charge in [0.25, 0.3) is 0 Å². The maximum absolute atomic E-state index is 12.8. The Labute approximate surface area is 155 Å². The van der Waals surface area contributed by atoms with Crippen LogP contribution in [0.15, 0.2) is 6.33 Å². The second kappa shape index (κ2) is 6.64. The predicted octanol–water partition coefficient (Wildman–Crippen LogP) is 0.930. The maximum atomic E-state index is 12.8. The molecular weight excluding hydrogens is 352 g/mol. The number of imidazole rings is 1. The van der Waals surface area contributed by atoms with Crippen molar-refractivity contribution in [1.29, 1.82) is 0 Å². The molecule has 2 saturated heterocycles. The topological polar surface area (TPSA) is 86.4 Å². The number of carbonyl (C=O) groups is 1. The maximum Gasteiger partial charge on any atom is 0.226 e. The zero-order chi connectivity index (χ0) is 18.4. The van der Waals surface area contributed by atoms with E-state index in [1.807, 2.05) is 4.90 Å². The number of nitrogens with one attached hydrogen (secondary N) is 1. The third kappa shape index (κ3) is 2.97. The minimum atomic E-state index is -3.02. The van der Waals surface area contributed by atoms with Crippen molar-refractivity contribution < 1.29 is 13.2 Å². The summed E-state index contributed by atoms with van der Waals surface area (Å²) in [6.07, 6.45) is 6.12. The monoisotopic (exact) mass is 380 g/mol. The second-order valence-corrected chi connectivity index (χ2v) is 10.2. The molecule has 4 rings (SSSR count). The van der Waals surface area contributed by atoms with Gasteiger partial charge in [0, 0.05) is 31.7 Å². The van der Waals surface area contributed by atoms with Gasteiger partial charge in [0.05, 0.1) is 35.0 Å². The molecule has 1 aromatic heterocycles. The average Bonchev–Trinajstić information content (AvgIpc) is 3.24. The zero-order valence-electron chi connectivity index (χ0n) is 15.4. The summed E-state index contributed by atoms with van der Waals surface area (Å²) >= 11 is 0. The fourth-order valence-corrected chi connectivity index (χ4v) is 6.75. The molecule has 1 atom stereocenters. The van der Waals surface area contributed by atoms with E-state index >= 15 is 0 Å². The van der Waals surface area contributed by atoms with Gasteiger partial charge in [0.1, 0.15) is 0 Å². The molecule has 4 heterocycles. The lowest BCUT2D eigenvalue weighted by Gasteiger charge is -2.50. The molecule has 0 aromatic carbocycles. The standard InChI is InChI=1S/C18H28N4O3S/c1-2-7-22-8-3-15-16(20-13-19-15)18(22)5-9-21(10-6-18)17(23)14-4-11-26(24,25)12-14/h13-14H,2-12H2,1H3,(H,19,20)/t14-/m1/s1. The minimum absolute atomic E-state index is 0.0267. The van der Waals surface area contributed by atoms with Gasteiger partial charge in [0.15, 0.2) is 9.84 Å². The highest BCUT2D eigenvalue weighted by Gasteiger charge is 2.47. The highest BCUT2D eigenvalue weighted by Crippen LogP contribution is 2.42. The Morgan fingerprint density at radius 3 is 2.77 bits per heavy atom. The number of hydrogen-bond donors (Lipinski definition) is 1. The first kappa shape index (κ1) is 18.0. The third-order valence-corrected chi connectivity index (χ3v) is 8.14. The summed E-state index contributed by atoms with van der Waals surface area (Å²) in [5.74, 6) is -0.129. The first-order chi connectivity index (χ1) is 12.5. The number of aromatic nitrogens is 2. The lowest BCUT2D eigenvalue weighted by molar-refractivity contribution is -0.138.